The number of amides is 1. The van der Waals surface area contributed by atoms with Gasteiger partial charge in [-0.25, -0.2) is 0 Å². The Morgan fingerprint density at radius 3 is 2.85 bits per heavy atom. The van der Waals surface area contributed by atoms with Gasteiger partial charge in [-0.15, -0.1) is 0 Å². The summed E-state index contributed by atoms with van der Waals surface area (Å²) in [6.07, 6.45) is 0.106. The molecule has 0 spiro atoms. The Balaban J connectivity index is 1.80. The standard InChI is InChI=1S/C15H17NO4/c1-2-19-15(18)12-8-11-9-20-14(16(11)13(12)17)10-6-4-3-5-7-10/h3-7,11-12,14H,2,8-9H2,1H3. The van der Waals surface area contributed by atoms with Crippen molar-refractivity contribution in [2.45, 2.75) is 25.6 Å². The third kappa shape index (κ3) is 2.08. The van der Waals surface area contributed by atoms with E-state index in [1.165, 1.54) is 0 Å². The molecule has 2 aliphatic rings. The summed E-state index contributed by atoms with van der Waals surface area (Å²) in [6, 6.07) is 9.58. The first kappa shape index (κ1) is 13.1. The highest BCUT2D eigenvalue weighted by molar-refractivity contribution is 5.99. The second kappa shape index (κ2) is 5.25. The van der Waals surface area contributed by atoms with Crippen LogP contribution in [0.1, 0.15) is 25.1 Å². The number of carbonyl (C=O) groups excluding carboxylic acids is 2. The van der Waals surface area contributed by atoms with Gasteiger partial charge in [0.25, 0.3) is 0 Å². The van der Waals surface area contributed by atoms with Crippen LogP contribution < -0.4 is 0 Å². The molecular formula is C15H17NO4. The van der Waals surface area contributed by atoms with E-state index in [-0.39, 0.29) is 18.2 Å². The summed E-state index contributed by atoms with van der Waals surface area (Å²) in [6.45, 7) is 2.52. The summed E-state index contributed by atoms with van der Waals surface area (Å²) in [5, 5.41) is 0. The van der Waals surface area contributed by atoms with Gasteiger partial charge in [-0.05, 0) is 13.3 Å². The highest BCUT2D eigenvalue weighted by Gasteiger charge is 2.51. The van der Waals surface area contributed by atoms with Crippen LogP contribution in [0, 0.1) is 5.92 Å². The number of fused-ring (bicyclic) bond motifs is 1. The molecule has 1 amide bonds. The average molecular weight is 275 g/mol. The van der Waals surface area contributed by atoms with Crippen molar-refractivity contribution in [3.8, 4) is 0 Å². The summed E-state index contributed by atoms with van der Waals surface area (Å²) in [7, 11) is 0. The van der Waals surface area contributed by atoms with Crippen molar-refractivity contribution in [2.75, 3.05) is 13.2 Å². The van der Waals surface area contributed by atoms with E-state index in [4.69, 9.17) is 9.47 Å². The molecular weight excluding hydrogens is 258 g/mol. The third-order valence-electron chi connectivity index (χ3n) is 3.81. The van der Waals surface area contributed by atoms with E-state index in [1.54, 1.807) is 11.8 Å². The summed E-state index contributed by atoms with van der Waals surface area (Å²) in [5.74, 6) is -1.27. The van der Waals surface area contributed by atoms with Gasteiger partial charge >= 0.3 is 5.97 Å². The Bertz CT molecular complexity index is 516. The molecule has 3 unspecified atom stereocenters. The summed E-state index contributed by atoms with van der Waals surface area (Å²) >= 11 is 0. The first-order chi connectivity index (χ1) is 9.72. The first-order valence-electron chi connectivity index (χ1n) is 6.87. The Kier molecular flexibility index (Phi) is 3.44. The van der Waals surface area contributed by atoms with Gasteiger partial charge < -0.3 is 14.4 Å². The predicted octanol–water partition coefficient (Wildman–Crippen LogP) is 1.50. The van der Waals surface area contributed by atoms with E-state index in [1.807, 2.05) is 30.3 Å². The van der Waals surface area contributed by atoms with Gasteiger partial charge in [0.05, 0.1) is 19.3 Å². The zero-order valence-electron chi connectivity index (χ0n) is 11.3. The van der Waals surface area contributed by atoms with Crippen LogP contribution in [0.3, 0.4) is 0 Å². The quantitative estimate of drug-likeness (QED) is 0.619. The maximum absolute atomic E-state index is 12.4. The van der Waals surface area contributed by atoms with Gasteiger partial charge in [-0.1, -0.05) is 30.3 Å². The summed E-state index contributed by atoms with van der Waals surface area (Å²) in [5.41, 5.74) is 0.938. The van der Waals surface area contributed by atoms with Crippen LogP contribution in [0.4, 0.5) is 0 Å². The smallest absolute Gasteiger partial charge is 0.318 e. The van der Waals surface area contributed by atoms with Gasteiger partial charge in [-0.3, -0.25) is 9.59 Å². The number of benzene rings is 1. The second-order valence-corrected chi connectivity index (χ2v) is 5.04. The lowest BCUT2D eigenvalue weighted by molar-refractivity contribution is -0.154. The Labute approximate surface area is 117 Å². The van der Waals surface area contributed by atoms with Crippen LogP contribution in [0.25, 0.3) is 0 Å². The minimum atomic E-state index is -0.671. The molecule has 106 valence electrons. The molecule has 1 aromatic carbocycles. The number of esters is 1. The van der Waals surface area contributed by atoms with Gasteiger partial charge in [0.15, 0.2) is 6.23 Å². The van der Waals surface area contributed by atoms with E-state index >= 15 is 0 Å². The molecule has 0 radical (unpaired) electrons. The molecule has 3 rings (SSSR count). The Morgan fingerprint density at radius 2 is 2.15 bits per heavy atom. The molecule has 0 saturated carbocycles. The van der Waals surface area contributed by atoms with E-state index in [9.17, 15) is 9.59 Å². The number of ether oxygens (including phenoxy) is 2. The Morgan fingerprint density at radius 1 is 1.40 bits per heavy atom. The third-order valence-corrected chi connectivity index (χ3v) is 3.81. The highest BCUT2D eigenvalue weighted by atomic mass is 16.5. The van der Waals surface area contributed by atoms with Crippen molar-refractivity contribution in [1.29, 1.82) is 0 Å². The molecule has 5 heteroatoms. The maximum atomic E-state index is 12.4. The summed E-state index contributed by atoms with van der Waals surface area (Å²) < 4.78 is 10.7. The lowest BCUT2D eigenvalue weighted by Gasteiger charge is -2.22. The average Bonchev–Trinajstić information content (AvgIpc) is 3.01. The topological polar surface area (TPSA) is 55.8 Å². The van der Waals surface area contributed by atoms with Crippen molar-refractivity contribution in [1.82, 2.24) is 4.90 Å². The molecule has 0 bridgehead atoms. The van der Waals surface area contributed by atoms with Gasteiger partial charge in [0.2, 0.25) is 5.91 Å². The molecule has 0 aliphatic carbocycles. The minimum absolute atomic E-state index is 0.0258. The van der Waals surface area contributed by atoms with Gasteiger partial charge in [-0.2, -0.15) is 0 Å². The number of hydrogen-bond donors (Lipinski definition) is 0. The van der Waals surface area contributed by atoms with Crippen LogP contribution in [-0.4, -0.2) is 36.0 Å². The fourth-order valence-corrected chi connectivity index (χ4v) is 2.90. The van der Waals surface area contributed by atoms with Crippen LogP contribution in [0.5, 0.6) is 0 Å². The second-order valence-electron chi connectivity index (χ2n) is 5.04. The normalized spacial score (nSPS) is 28.6. The molecule has 0 aromatic heterocycles. The van der Waals surface area contributed by atoms with Crippen LogP contribution in [-0.2, 0) is 19.1 Å². The van der Waals surface area contributed by atoms with Crippen LogP contribution in [0.2, 0.25) is 0 Å². The predicted molar refractivity (Wildman–Crippen MR) is 70.5 cm³/mol. The summed E-state index contributed by atoms with van der Waals surface area (Å²) in [4.78, 5) is 25.9. The minimum Gasteiger partial charge on any atom is -0.465 e. The zero-order chi connectivity index (χ0) is 14.1. The van der Waals surface area contributed by atoms with Gasteiger partial charge in [0, 0.05) is 5.56 Å². The van der Waals surface area contributed by atoms with Crippen molar-refractivity contribution in [2.24, 2.45) is 5.92 Å². The molecule has 0 N–H and O–H groups in total. The van der Waals surface area contributed by atoms with Crippen molar-refractivity contribution in [3.05, 3.63) is 35.9 Å². The van der Waals surface area contributed by atoms with E-state index < -0.39 is 11.9 Å². The van der Waals surface area contributed by atoms with E-state index in [2.05, 4.69) is 0 Å². The lowest BCUT2D eigenvalue weighted by atomic mass is 10.1. The van der Waals surface area contributed by atoms with Crippen molar-refractivity contribution < 1.29 is 19.1 Å². The maximum Gasteiger partial charge on any atom is 0.318 e. The molecule has 3 atom stereocenters. The zero-order valence-corrected chi connectivity index (χ0v) is 11.3. The molecule has 2 aliphatic heterocycles. The largest absolute Gasteiger partial charge is 0.465 e. The SMILES string of the molecule is CCOC(=O)C1CC2COC(c3ccccc3)N2C1=O. The molecule has 1 aromatic rings. The van der Waals surface area contributed by atoms with Gasteiger partial charge in [0.1, 0.15) is 5.92 Å². The number of carbonyl (C=O) groups is 2. The van der Waals surface area contributed by atoms with Crippen molar-refractivity contribution >= 4 is 11.9 Å². The molecule has 2 saturated heterocycles. The fourth-order valence-electron chi connectivity index (χ4n) is 2.90. The monoisotopic (exact) mass is 275 g/mol. The lowest BCUT2D eigenvalue weighted by Crippen LogP contribution is -2.34. The fraction of sp³-hybridized carbons (Fsp3) is 0.467. The molecule has 20 heavy (non-hydrogen) atoms. The number of hydrogen-bond acceptors (Lipinski definition) is 4. The number of rotatable bonds is 3. The molecule has 5 nitrogen and oxygen atoms in total. The van der Waals surface area contributed by atoms with E-state index in [0.717, 1.165) is 5.56 Å². The van der Waals surface area contributed by atoms with Crippen LogP contribution >= 0.6 is 0 Å². The van der Waals surface area contributed by atoms with Crippen molar-refractivity contribution in [3.63, 3.8) is 0 Å². The molecule has 2 fully saturated rings. The van der Waals surface area contributed by atoms with E-state index in [0.29, 0.717) is 19.6 Å². The highest BCUT2D eigenvalue weighted by Crippen LogP contribution is 2.39. The number of nitrogens with zero attached hydrogens (tertiary/aromatic N) is 1. The molecule has 2 heterocycles. The Hall–Kier alpha value is -1.88. The van der Waals surface area contributed by atoms with Crippen LogP contribution in [0.15, 0.2) is 30.3 Å². The first-order valence-corrected chi connectivity index (χ1v) is 6.87.